The predicted molar refractivity (Wildman–Crippen MR) is 67.1 cm³/mol. The molecule has 1 aromatic heterocycles. The maximum absolute atomic E-state index is 11.8. The van der Waals surface area contributed by atoms with E-state index in [2.05, 4.69) is 15.4 Å². The van der Waals surface area contributed by atoms with Crippen LogP contribution in [0.2, 0.25) is 0 Å². The van der Waals surface area contributed by atoms with Crippen LogP contribution in [0.5, 0.6) is 0 Å². The zero-order valence-corrected chi connectivity index (χ0v) is 11.5. The number of aromatic nitrogens is 3. The fourth-order valence-corrected chi connectivity index (χ4v) is 1.53. The van der Waals surface area contributed by atoms with Crippen LogP contribution in [-0.4, -0.2) is 26.7 Å². The van der Waals surface area contributed by atoms with E-state index in [1.165, 1.54) is 0 Å². The molecule has 5 heteroatoms. The molecule has 1 N–H and O–H groups in total. The van der Waals surface area contributed by atoms with Crippen LogP contribution in [-0.2, 0) is 0 Å². The van der Waals surface area contributed by atoms with Crippen LogP contribution >= 0.6 is 0 Å². The molecular weight excluding hydrogens is 216 g/mol. The van der Waals surface area contributed by atoms with E-state index < -0.39 is 0 Å². The number of nitrogens with one attached hydrogen (secondary N) is 1. The highest BCUT2D eigenvalue weighted by Gasteiger charge is 2.19. The van der Waals surface area contributed by atoms with Gasteiger partial charge in [-0.2, -0.15) is 0 Å². The first kappa shape index (κ1) is 13.7. The topological polar surface area (TPSA) is 59.8 Å². The Balaban J connectivity index is 3.03. The first-order chi connectivity index (χ1) is 7.82. The second-order valence-electron chi connectivity index (χ2n) is 5.11. The van der Waals surface area contributed by atoms with Crippen molar-refractivity contribution in [2.24, 2.45) is 0 Å². The Morgan fingerprint density at radius 2 is 1.76 bits per heavy atom. The Morgan fingerprint density at radius 3 is 2.12 bits per heavy atom. The smallest absolute Gasteiger partial charge is 0.291 e. The van der Waals surface area contributed by atoms with Crippen LogP contribution in [0, 0.1) is 0 Å². The normalized spacial score (nSPS) is 11.6. The molecule has 5 nitrogen and oxygen atoms in total. The summed E-state index contributed by atoms with van der Waals surface area (Å²) < 4.78 is 1.82. The molecule has 17 heavy (non-hydrogen) atoms. The maximum atomic E-state index is 11.8. The van der Waals surface area contributed by atoms with Crippen LogP contribution in [0.1, 0.15) is 69.9 Å². The maximum Gasteiger partial charge on any atom is 0.291 e. The van der Waals surface area contributed by atoms with Gasteiger partial charge < -0.3 is 5.32 Å². The van der Waals surface area contributed by atoms with Crippen molar-refractivity contribution in [1.29, 1.82) is 0 Å². The standard InChI is InChI=1S/C12H22N4O/c1-7(2)11-14-10(12(17)13-8(3)4)15-16(11)9(5)6/h7-9H,1-6H3,(H,13,17). The summed E-state index contributed by atoms with van der Waals surface area (Å²) in [6.45, 7) is 12.0. The average Bonchev–Trinajstić information content (AvgIpc) is 2.60. The van der Waals surface area contributed by atoms with Crippen molar-refractivity contribution in [2.75, 3.05) is 0 Å². The first-order valence-electron chi connectivity index (χ1n) is 6.10. The highest BCUT2D eigenvalue weighted by Crippen LogP contribution is 2.16. The fourth-order valence-electron chi connectivity index (χ4n) is 1.53. The monoisotopic (exact) mass is 238 g/mol. The largest absolute Gasteiger partial charge is 0.347 e. The minimum atomic E-state index is -0.207. The summed E-state index contributed by atoms with van der Waals surface area (Å²) in [5, 5.41) is 7.08. The van der Waals surface area contributed by atoms with Crippen molar-refractivity contribution < 1.29 is 4.79 Å². The molecule has 1 aromatic rings. The highest BCUT2D eigenvalue weighted by atomic mass is 16.2. The summed E-state index contributed by atoms with van der Waals surface area (Å²) in [6, 6.07) is 0.302. The van der Waals surface area contributed by atoms with Crippen LogP contribution in [0.3, 0.4) is 0 Å². The lowest BCUT2D eigenvalue weighted by Gasteiger charge is -2.10. The number of amides is 1. The minimum absolute atomic E-state index is 0.0935. The van der Waals surface area contributed by atoms with Gasteiger partial charge in [0, 0.05) is 18.0 Å². The number of rotatable bonds is 4. The van der Waals surface area contributed by atoms with E-state index in [-0.39, 0.29) is 29.7 Å². The Labute approximate surface area is 103 Å². The third kappa shape index (κ3) is 3.28. The lowest BCUT2D eigenvalue weighted by atomic mass is 10.2. The molecule has 0 aromatic carbocycles. The summed E-state index contributed by atoms with van der Waals surface area (Å²) in [6.07, 6.45) is 0. The molecule has 0 radical (unpaired) electrons. The summed E-state index contributed by atoms with van der Waals surface area (Å²) in [5.41, 5.74) is 0. The van der Waals surface area contributed by atoms with Gasteiger partial charge in [-0.15, -0.1) is 5.10 Å². The van der Waals surface area contributed by atoms with Gasteiger partial charge in [-0.05, 0) is 27.7 Å². The van der Waals surface area contributed by atoms with Gasteiger partial charge in [0.1, 0.15) is 5.82 Å². The molecule has 0 saturated carbocycles. The molecule has 0 unspecified atom stereocenters. The van der Waals surface area contributed by atoms with Gasteiger partial charge in [0.2, 0.25) is 5.82 Å². The van der Waals surface area contributed by atoms with E-state index in [1.807, 2.05) is 46.2 Å². The third-order valence-electron chi connectivity index (χ3n) is 2.29. The molecule has 0 aliphatic heterocycles. The van der Waals surface area contributed by atoms with Gasteiger partial charge in [0.25, 0.3) is 5.91 Å². The highest BCUT2D eigenvalue weighted by molar-refractivity contribution is 5.90. The molecule has 0 bridgehead atoms. The van der Waals surface area contributed by atoms with Gasteiger partial charge in [0.05, 0.1) is 0 Å². The quantitative estimate of drug-likeness (QED) is 0.874. The lowest BCUT2D eigenvalue weighted by molar-refractivity contribution is 0.0932. The number of hydrogen-bond donors (Lipinski definition) is 1. The first-order valence-corrected chi connectivity index (χ1v) is 6.10. The van der Waals surface area contributed by atoms with E-state index in [9.17, 15) is 4.79 Å². The molecule has 1 amide bonds. The van der Waals surface area contributed by atoms with Crippen molar-refractivity contribution in [3.05, 3.63) is 11.6 Å². The number of carbonyl (C=O) groups is 1. The zero-order valence-electron chi connectivity index (χ0n) is 11.5. The molecule has 0 spiro atoms. The number of carbonyl (C=O) groups excluding carboxylic acids is 1. The van der Waals surface area contributed by atoms with Gasteiger partial charge in [-0.1, -0.05) is 13.8 Å². The van der Waals surface area contributed by atoms with Crippen molar-refractivity contribution >= 4 is 5.91 Å². The Kier molecular flexibility index (Phi) is 4.26. The molecule has 0 aliphatic rings. The summed E-state index contributed by atoms with van der Waals surface area (Å²) >= 11 is 0. The van der Waals surface area contributed by atoms with E-state index >= 15 is 0 Å². The summed E-state index contributed by atoms with van der Waals surface area (Å²) in [4.78, 5) is 16.1. The molecular formula is C12H22N4O. The van der Waals surface area contributed by atoms with E-state index in [4.69, 9.17) is 0 Å². The van der Waals surface area contributed by atoms with Crippen LogP contribution < -0.4 is 5.32 Å². The molecule has 96 valence electrons. The van der Waals surface area contributed by atoms with Gasteiger partial charge in [-0.3, -0.25) is 4.79 Å². The van der Waals surface area contributed by atoms with Crippen LogP contribution in [0.4, 0.5) is 0 Å². The zero-order chi connectivity index (χ0) is 13.2. The second-order valence-corrected chi connectivity index (χ2v) is 5.11. The van der Waals surface area contributed by atoms with E-state index in [0.29, 0.717) is 0 Å². The third-order valence-corrected chi connectivity index (χ3v) is 2.29. The number of nitrogens with zero attached hydrogens (tertiary/aromatic N) is 3. The van der Waals surface area contributed by atoms with E-state index in [1.54, 1.807) is 0 Å². The minimum Gasteiger partial charge on any atom is -0.347 e. The molecule has 0 saturated heterocycles. The molecule has 1 heterocycles. The molecule has 0 aliphatic carbocycles. The lowest BCUT2D eigenvalue weighted by Crippen LogP contribution is -2.31. The fraction of sp³-hybridized carbons (Fsp3) is 0.750. The van der Waals surface area contributed by atoms with Gasteiger partial charge in [0.15, 0.2) is 0 Å². The van der Waals surface area contributed by atoms with E-state index in [0.717, 1.165) is 5.82 Å². The van der Waals surface area contributed by atoms with Crippen molar-refractivity contribution in [3.8, 4) is 0 Å². The Morgan fingerprint density at radius 1 is 1.18 bits per heavy atom. The van der Waals surface area contributed by atoms with Gasteiger partial charge in [-0.25, -0.2) is 9.67 Å². The van der Waals surface area contributed by atoms with Crippen LogP contribution in [0.25, 0.3) is 0 Å². The Hall–Kier alpha value is -1.39. The van der Waals surface area contributed by atoms with Crippen LogP contribution in [0.15, 0.2) is 0 Å². The average molecular weight is 238 g/mol. The molecule has 1 rings (SSSR count). The second kappa shape index (κ2) is 5.29. The van der Waals surface area contributed by atoms with Gasteiger partial charge >= 0.3 is 0 Å². The summed E-state index contributed by atoms with van der Waals surface area (Å²) in [5.74, 6) is 1.16. The summed E-state index contributed by atoms with van der Waals surface area (Å²) in [7, 11) is 0. The Bertz CT molecular complexity index is 368. The molecule has 0 atom stereocenters. The SMILES string of the molecule is CC(C)NC(=O)c1nc(C(C)C)n(C(C)C)n1. The van der Waals surface area contributed by atoms with Crippen molar-refractivity contribution in [2.45, 2.75) is 59.5 Å². The predicted octanol–water partition coefficient (Wildman–Crippen LogP) is 2.12. The van der Waals surface area contributed by atoms with Crippen molar-refractivity contribution in [3.63, 3.8) is 0 Å². The molecule has 0 fully saturated rings. The van der Waals surface area contributed by atoms with Crippen molar-refractivity contribution in [1.82, 2.24) is 20.1 Å². The number of hydrogen-bond acceptors (Lipinski definition) is 3.